The van der Waals surface area contributed by atoms with E-state index in [1.54, 1.807) is 12.1 Å². The molecule has 1 rings (SSSR count). The first kappa shape index (κ1) is 14.8. The van der Waals surface area contributed by atoms with Crippen LogP contribution >= 0.6 is 11.6 Å². The number of aromatic nitrogens is 1. The molecule has 0 aromatic carbocycles. The lowest BCUT2D eigenvalue weighted by molar-refractivity contribution is 0.0926. The highest BCUT2D eigenvalue weighted by Gasteiger charge is 2.25. The first-order chi connectivity index (χ1) is 8.56. The smallest absolute Gasteiger partial charge is 0.267 e. The van der Waals surface area contributed by atoms with E-state index >= 15 is 0 Å². The van der Waals surface area contributed by atoms with Gasteiger partial charge in [-0.05, 0) is 18.9 Å². The third kappa shape index (κ3) is 3.60. The Morgan fingerprint density at radius 3 is 2.56 bits per heavy atom. The van der Waals surface area contributed by atoms with E-state index in [0.717, 1.165) is 12.8 Å². The number of aromatic amines is 1. The van der Waals surface area contributed by atoms with Crippen molar-refractivity contribution in [1.29, 1.82) is 0 Å². The second kappa shape index (κ2) is 6.59. The van der Waals surface area contributed by atoms with Crippen LogP contribution in [0.5, 0.6) is 0 Å². The monoisotopic (exact) mass is 270 g/mol. The molecule has 18 heavy (non-hydrogen) atoms. The average molecular weight is 271 g/mol. The predicted molar refractivity (Wildman–Crippen MR) is 73.1 cm³/mol. The van der Waals surface area contributed by atoms with Gasteiger partial charge in [-0.25, -0.2) is 0 Å². The Kier molecular flexibility index (Phi) is 5.41. The van der Waals surface area contributed by atoms with Crippen LogP contribution in [0.2, 0.25) is 0 Å². The highest BCUT2D eigenvalue weighted by molar-refractivity contribution is 6.18. The van der Waals surface area contributed by atoms with Crippen molar-refractivity contribution in [2.45, 2.75) is 26.7 Å². The van der Waals surface area contributed by atoms with Crippen LogP contribution in [0.1, 0.15) is 37.2 Å². The van der Waals surface area contributed by atoms with Gasteiger partial charge in [-0.1, -0.05) is 19.9 Å². The van der Waals surface area contributed by atoms with Crippen molar-refractivity contribution in [2.24, 2.45) is 5.41 Å². The molecule has 0 radical (unpaired) electrons. The Balaban J connectivity index is 2.69. The first-order valence-electron chi connectivity index (χ1n) is 6.10. The number of alkyl halides is 1. The minimum Gasteiger partial charge on any atom is -0.350 e. The van der Waals surface area contributed by atoms with E-state index in [1.165, 1.54) is 6.07 Å². The normalized spacial score (nSPS) is 11.3. The molecule has 1 aromatic heterocycles. The lowest BCUT2D eigenvalue weighted by Gasteiger charge is -2.29. The Morgan fingerprint density at radius 2 is 2.06 bits per heavy atom. The van der Waals surface area contributed by atoms with E-state index in [-0.39, 0.29) is 22.6 Å². The summed E-state index contributed by atoms with van der Waals surface area (Å²) in [6.07, 6.45) is 1.80. The molecule has 0 aliphatic rings. The summed E-state index contributed by atoms with van der Waals surface area (Å²) in [5.74, 6) is 0.232. The van der Waals surface area contributed by atoms with Crippen LogP contribution in [-0.2, 0) is 0 Å². The van der Waals surface area contributed by atoms with Crippen molar-refractivity contribution in [3.05, 3.63) is 34.2 Å². The molecular formula is C13H19ClN2O2. The quantitative estimate of drug-likeness (QED) is 0.778. The zero-order valence-electron chi connectivity index (χ0n) is 10.8. The van der Waals surface area contributed by atoms with Gasteiger partial charge >= 0.3 is 0 Å². The summed E-state index contributed by atoms with van der Waals surface area (Å²) in [6, 6.07) is 4.51. The number of carbonyl (C=O) groups is 1. The fourth-order valence-electron chi connectivity index (χ4n) is 1.68. The Labute approximate surface area is 112 Å². The number of amides is 1. The van der Waals surface area contributed by atoms with Gasteiger partial charge < -0.3 is 10.3 Å². The summed E-state index contributed by atoms with van der Waals surface area (Å²) in [6.45, 7) is 4.63. The number of hydrogen-bond acceptors (Lipinski definition) is 2. The average Bonchev–Trinajstić information content (AvgIpc) is 2.40. The molecule has 0 unspecified atom stereocenters. The van der Waals surface area contributed by atoms with E-state index in [1.807, 2.05) is 0 Å². The summed E-state index contributed by atoms with van der Waals surface area (Å²) in [7, 11) is 0. The molecule has 0 aliphatic carbocycles. The molecule has 0 atom stereocenters. The van der Waals surface area contributed by atoms with Crippen LogP contribution < -0.4 is 10.9 Å². The summed E-state index contributed by atoms with van der Waals surface area (Å²) in [5, 5.41) is 2.83. The van der Waals surface area contributed by atoms with E-state index < -0.39 is 0 Å². The van der Waals surface area contributed by atoms with E-state index in [0.29, 0.717) is 12.4 Å². The van der Waals surface area contributed by atoms with Crippen LogP contribution in [0.3, 0.4) is 0 Å². The number of hydrogen-bond donors (Lipinski definition) is 2. The minimum atomic E-state index is -0.280. The van der Waals surface area contributed by atoms with Crippen molar-refractivity contribution in [2.75, 3.05) is 12.4 Å². The molecule has 1 aromatic rings. The second-order valence-electron chi connectivity index (χ2n) is 4.45. The molecule has 0 aliphatic heterocycles. The third-order valence-electron chi connectivity index (χ3n) is 3.42. The van der Waals surface area contributed by atoms with Gasteiger partial charge in [-0.3, -0.25) is 9.59 Å². The Hall–Kier alpha value is -1.29. The van der Waals surface area contributed by atoms with Crippen molar-refractivity contribution in [3.63, 3.8) is 0 Å². The van der Waals surface area contributed by atoms with Crippen molar-refractivity contribution >= 4 is 17.5 Å². The zero-order chi connectivity index (χ0) is 13.6. The Bertz CT molecular complexity index is 444. The maximum Gasteiger partial charge on any atom is 0.267 e. The fraction of sp³-hybridized carbons (Fsp3) is 0.538. The molecule has 2 N–H and O–H groups in total. The zero-order valence-corrected chi connectivity index (χ0v) is 11.5. The van der Waals surface area contributed by atoms with Crippen LogP contribution in [0.15, 0.2) is 23.0 Å². The lowest BCUT2D eigenvalue weighted by Crippen LogP contribution is -2.38. The number of nitrogens with one attached hydrogen (secondary N) is 2. The molecule has 0 saturated heterocycles. The topological polar surface area (TPSA) is 62.0 Å². The van der Waals surface area contributed by atoms with Gasteiger partial charge in [0.25, 0.3) is 5.91 Å². The maximum absolute atomic E-state index is 11.9. The van der Waals surface area contributed by atoms with E-state index in [2.05, 4.69) is 24.1 Å². The summed E-state index contributed by atoms with van der Waals surface area (Å²) in [5.41, 5.74) is -0.0813. The molecule has 1 amide bonds. The lowest BCUT2D eigenvalue weighted by atomic mass is 9.84. The van der Waals surface area contributed by atoms with Gasteiger partial charge in [0.05, 0.1) is 0 Å². The van der Waals surface area contributed by atoms with Gasteiger partial charge in [-0.15, -0.1) is 11.6 Å². The molecule has 4 nitrogen and oxygen atoms in total. The second-order valence-corrected chi connectivity index (χ2v) is 4.72. The molecule has 0 bridgehead atoms. The molecule has 0 fully saturated rings. The van der Waals surface area contributed by atoms with Gasteiger partial charge in [0.2, 0.25) is 5.56 Å². The molecular weight excluding hydrogens is 252 g/mol. The first-order valence-corrected chi connectivity index (χ1v) is 6.64. The maximum atomic E-state index is 11.9. The van der Waals surface area contributed by atoms with Crippen molar-refractivity contribution < 1.29 is 4.79 Å². The van der Waals surface area contributed by atoms with Crippen LogP contribution in [0.25, 0.3) is 0 Å². The third-order valence-corrected chi connectivity index (χ3v) is 3.99. The molecule has 0 spiro atoms. The van der Waals surface area contributed by atoms with Gasteiger partial charge in [0, 0.05) is 23.9 Å². The highest BCUT2D eigenvalue weighted by Crippen LogP contribution is 2.26. The van der Waals surface area contributed by atoms with Crippen molar-refractivity contribution in [1.82, 2.24) is 10.3 Å². The number of carbonyl (C=O) groups excluding carboxylic acids is 1. The fourth-order valence-corrected chi connectivity index (χ4v) is 2.15. The number of pyridine rings is 1. The standard InChI is InChI=1S/C13H19ClN2O2/c1-3-13(4-2,8-14)9-15-12(18)10-6-5-7-11(17)16-10/h5-7H,3-4,8-9H2,1-2H3,(H,15,18)(H,16,17). The van der Waals surface area contributed by atoms with E-state index in [4.69, 9.17) is 11.6 Å². The summed E-state index contributed by atoms with van der Waals surface area (Å²) in [4.78, 5) is 25.5. The van der Waals surface area contributed by atoms with Crippen LogP contribution in [0.4, 0.5) is 0 Å². The predicted octanol–water partition coefficient (Wildman–Crippen LogP) is 2.15. The molecule has 100 valence electrons. The summed E-state index contributed by atoms with van der Waals surface area (Å²) >= 11 is 5.97. The van der Waals surface area contributed by atoms with Crippen molar-refractivity contribution in [3.8, 4) is 0 Å². The number of halogens is 1. The summed E-state index contributed by atoms with van der Waals surface area (Å²) < 4.78 is 0. The largest absolute Gasteiger partial charge is 0.350 e. The van der Waals surface area contributed by atoms with Crippen LogP contribution in [-0.4, -0.2) is 23.3 Å². The van der Waals surface area contributed by atoms with Gasteiger partial charge in [-0.2, -0.15) is 0 Å². The van der Waals surface area contributed by atoms with Gasteiger partial charge in [0.1, 0.15) is 5.69 Å². The number of H-pyrrole nitrogens is 1. The Morgan fingerprint density at radius 1 is 1.39 bits per heavy atom. The van der Waals surface area contributed by atoms with E-state index in [9.17, 15) is 9.59 Å². The van der Waals surface area contributed by atoms with Crippen LogP contribution in [0, 0.1) is 5.41 Å². The molecule has 5 heteroatoms. The minimum absolute atomic E-state index is 0.0771. The highest BCUT2D eigenvalue weighted by atomic mass is 35.5. The SMILES string of the molecule is CCC(CC)(CCl)CNC(=O)c1cccc(=O)[nH]1. The molecule has 1 heterocycles. The van der Waals surface area contributed by atoms with Gasteiger partial charge in [0.15, 0.2) is 0 Å². The number of rotatable bonds is 6. The molecule has 0 saturated carbocycles.